The van der Waals surface area contributed by atoms with E-state index in [0.717, 1.165) is 18.4 Å². The second-order valence-corrected chi connectivity index (χ2v) is 8.20. The van der Waals surface area contributed by atoms with Gasteiger partial charge in [-0.15, -0.1) is 16.9 Å². The number of hydrogen-bond acceptors (Lipinski definition) is 6. The van der Waals surface area contributed by atoms with Crippen LogP contribution < -0.4 is 0 Å². The van der Waals surface area contributed by atoms with E-state index in [1.807, 2.05) is 0 Å². The van der Waals surface area contributed by atoms with Gasteiger partial charge < -0.3 is 0 Å². The number of halogens is 2. The smallest absolute Gasteiger partial charge is 0.175 e. The van der Waals surface area contributed by atoms with Crippen molar-refractivity contribution in [3.05, 3.63) is 59.9 Å². The van der Waals surface area contributed by atoms with Crippen molar-refractivity contribution in [1.82, 2.24) is 20.2 Å². The molecule has 3 rings (SSSR count). The second-order valence-electron chi connectivity index (χ2n) is 5.14. The highest BCUT2D eigenvalue weighted by atomic mass is 32.2. The third-order valence-corrected chi connectivity index (χ3v) is 5.42. The first-order chi connectivity index (χ1) is 11.8. The molecule has 0 saturated carbocycles. The molecule has 0 amide bonds. The van der Waals surface area contributed by atoms with E-state index < -0.39 is 21.5 Å². The highest BCUT2D eigenvalue weighted by Gasteiger charge is 2.12. The maximum absolute atomic E-state index is 13.2. The lowest BCUT2D eigenvalue weighted by atomic mass is 10.3. The van der Waals surface area contributed by atoms with Crippen LogP contribution >= 0.6 is 11.8 Å². The highest BCUT2D eigenvalue weighted by molar-refractivity contribution is 7.98. The quantitative estimate of drug-likeness (QED) is 0.632. The number of hydrogen-bond donors (Lipinski definition) is 0. The Morgan fingerprint density at radius 2 is 1.80 bits per heavy atom. The van der Waals surface area contributed by atoms with Gasteiger partial charge in [-0.3, -0.25) is 0 Å². The Hall–Kier alpha value is -2.33. The largest absolute Gasteiger partial charge is 0.224 e. The summed E-state index contributed by atoms with van der Waals surface area (Å²) in [6.45, 7) is 0. The zero-order chi connectivity index (χ0) is 18.0. The van der Waals surface area contributed by atoms with Crippen molar-refractivity contribution in [2.24, 2.45) is 0 Å². The Balaban J connectivity index is 1.79. The van der Waals surface area contributed by atoms with Crippen molar-refractivity contribution in [2.45, 2.75) is 15.5 Å². The standard InChI is InChI=1S/C15H12F2N4O2S2/c1-25(22,23)12-5-2-10(3-6-12)21-15(18-19-20-21)9-24-11-4-7-13(16)14(17)8-11/h2-8H,9H2,1H3. The van der Waals surface area contributed by atoms with Crippen molar-refractivity contribution in [3.8, 4) is 5.69 Å². The lowest BCUT2D eigenvalue weighted by molar-refractivity contribution is 0.506. The van der Waals surface area contributed by atoms with Gasteiger partial charge in [0, 0.05) is 11.2 Å². The first-order valence-corrected chi connectivity index (χ1v) is 9.88. The maximum Gasteiger partial charge on any atom is 0.175 e. The average molecular weight is 382 g/mol. The van der Waals surface area contributed by atoms with Gasteiger partial charge in [0.2, 0.25) is 0 Å². The van der Waals surface area contributed by atoms with Gasteiger partial charge in [0.25, 0.3) is 0 Å². The molecule has 0 aliphatic rings. The van der Waals surface area contributed by atoms with Crippen LogP contribution in [0.4, 0.5) is 8.78 Å². The van der Waals surface area contributed by atoms with Crippen molar-refractivity contribution in [2.75, 3.05) is 6.26 Å². The van der Waals surface area contributed by atoms with Gasteiger partial charge in [0.05, 0.1) is 16.3 Å². The van der Waals surface area contributed by atoms with E-state index in [-0.39, 0.29) is 4.90 Å². The van der Waals surface area contributed by atoms with E-state index in [2.05, 4.69) is 15.5 Å². The summed E-state index contributed by atoms with van der Waals surface area (Å²) in [4.78, 5) is 0.739. The minimum absolute atomic E-state index is 0.196. The molecule has 0 saturated heterocycles. The molecular weight excluding hydrogens is 370 g/mol. The number of rotatable bonds is 5. The van der Waals surface area contributed by atoms with E-state index in [0.29, 0.717) is 22.2 Å². The number of aromatic nitrogens is 4. The summed E-state index contributed by atoms with van der Waals surface area (Å²) in [5.41, 5.74) is 0.596. The third kappa shape index (κ3) is 4.02. The Morgan fingerprint density at radius 1 is 1.08 bits per heavy atom. The van der Waals surface area contributed by atoms with Crippen LogP contribution in [0.5, 0.6) is 0 Å². The molecule has 0 fully saturated rings. The van der Waals surface area contributed by atoms with Gasteiger partial charge in [-0.25, -0.2) is 17.2 Å². The molecule has 6 nitrogen and oxygen atoms in total. The molecule has 0 bridgehead atoms. The van der Waals surface area contributed by atoms with Crippen LogP contribution in [-0.2, 0) is 15.6 Å². The van der Waals surface area contributed by atoms with Gasteiger partial charge in [-0.1, -0.05) is 0 Å². The zero-order valence-corrected chi connectivity index (χ0v) is 14.6. The van der Waals surface area contributed by atoms with Crippen LogP contribution in [0.3, 0.4) is 0 Å². The monoisotopic (exact) mass is 382 g/mol. The van der Waals surface area contributed by atoms with Crippen LogP contribution in [0.1, 0.15) is 5.82 Å². The molecule has 0 aliphatic carbocycles. The Bertz CT molecular complexity index is 1000. The number of sulfone groups is 1. The molecule has 10 heteroatoms. The molecule has 0 unspecified atom stereocenters. The first kappa shape index (κ1) is 17.5. The zero-order valence-electron chi connectivity index (χ0n) is 12.9. The van der Waals surface area contributed by atoms with Crippen LogP contribution in [-0.4, -0.2) is 34.9 Å². The lowest BCUT2D eigenvalue weighted by Gasteiger charge is -2.06. The minimum Gasteiger partial charge on any atom is -0.224 e. The molecule has 2 aromatic carbocycles. The van der Waals surface area contributed by atoms with Crippen LogP contribution in [0.15, 0.2) is 52.3 Å². The number of nitrogens with zero attached hydrogens (tertiary/aromatic N) is 4. The predicted molar refractivity (Wildman–Crippen MR) is 88.2 cm³/mol. The van der Waals surface area contributed by atoms with E-state index in [1.54, 1.807) is 12.1 Å². The average Bonchev–Trinajstić information content (AvgIpc) is 3.04. The Labute approximate surface area is 146 Å². The summed E-state index contributed by atoms with van der Waals surface area (Å²) in [5, 5.41) is 11.4. The van der Waals surface area contributed by atoms with Crippen LogP contribution in [0.25, 0.3) is 5.69 Å². The second kappa shape index (κ2) is 6.89. The van der Waals surface area contributed by atoms with Gasteiger partial charge in [0.1, 0.15) is 0 Å². The SMILES string of the molecule is CS(=O)(=O)c1ccc(-n2nnnc2CSc2ccc(F)c(F)c2)cc1. The normalized spacial score (nSPS) is 11.6. The predicted octanol–water partition coefficient (Wildman–Crippen LogP) is 2.64. The van der Waals surface area contributed by atoms with Crippen molar-refractivity contribution in [1.29, 1.82) is 0 Å². The van der Waals surface area contributed by atoms with Gasteiger partial charge in [0.15, 0.2) is 27.3 Å². The molecule has 130 valence electrons. The van der Waals surface area contributed by atoms with Crippen molar-refractivity contribution >= 4 is 21.6 Å². The molecule has 0 spiro atoms. The summed E-state index contributed by atoms with van der Waals surface area (Å²) in [6.07, 6.45) is 1.13. The van der Waals surface area contributed by atoms with Crippen LogP contribution in [0, 0.1) is 11.6 Å². The molecule has 3 aromatic rings. The van der Waals surface area contributed by atoms with Gasteiger partial charge in [-0.2, -0.15) is 4.68 Å². The first-order valence-electron chi connectivity index (χ1n) is 7.00. The fourth-order valence-corrected chi connectivity index (χ4v) is 3.50. The summed E-state index contributed by atoms with van der Waals surface area (Å²) < 4.78 is 50.6. The van der Waals surface area contributed by atoms with E-state index >= 15 is 0 Å². The molecule has 0 aliphatic heterocycles. The summed E-state index contributed by atoms with van der Waals surface area (Å²) >= 11 is 1.25. The Kier molecular flexibility index (Phi) is 4.82. The van der Waals surface area contributed by atoms with Crippen molar-refractivity contribution < 1.29 is 17.2 Å². The molecule has 0 atom stereocenters. The highest BCUT2D eigenvalue weighted by Crippen LogP contribution is 2.24. The van der Waals surface area contributed by atoms with E-state index in [9.17, 15) is 17.2 Å². The van der Waals surface area contributed by atoms with Gasteiger partial charge in [-0.05, 0) is 52.9 Å². The fourth-order valence-electron chi connectivity index (χ4n) is 2.05. The maximum atomic E-state index is 13.2. The lowest BCUT2D eigenvalue weighted by Crippen LogP contribution is -2.03. The Morgan fingerprint density at radius 3 is 2.44 bits per heavy atom. The molecular formula is C15H12F2N4O2S2. The number of thioether (sulfide) groups is 1. The van der Waals surface area contributed by atoms with Crippen molar-refractivity contribution in [3.63, 3.8) is 0 Å². The summed E-state index contributed by atoms with van der Waals surface area (Å²) in [7, 11) is -3.28. The summed E-state index contributed by atoms with van der Waals surface area (Å²) in [5.74, 6) is -1.01. The topological polar surface area (TPSA) is 77.7 Å². The third-order valence-electron chi connectivity index (χ3n) is 3.30. The molecule has 1 heterocycles. The minimum atomic E-state index is -3.28. The molecule has 25 heavy (non-hydrogen) atoms. The fraction of sp³-hybridized carbons (Fsp3) is 0.133. The molecule has 0 N–H and O–H groups in total. The number of benzene rings is 2. The number of tetrazole rings is 1. The summed E-state index contributed by atoms with van der Waals surface area (Å²) in [6, 6.07) is 9.77. The van der Waals surface area contributed by atoms with E-state index in [4.69, 9.17) is 0 Å². The van der Waals surface area contributed by atoms with E-state index in [1.165, 1.54) is 34.6 Å². The van der Waals surface area contributed by atoms with Gasteiger partial charge >= 0.3 is 0 Å². The molecule has 0 radical (unpaired) electrons. The molecule has 1 aromatic heterocycles. The van der Waals surface area contributed by atoms with Crippen LogP contribution in [0.2, 0.25) is 0 Å².